The molecule has 1 aromatic rings. The topological polar surface area (TPSA) is 86.7 Å². The zero-order chi connectivity index (χ0) is 15.0. The molecule has 2 amide bonds. The van der Waals surface area contributed by atoms with Crippen LogP contribution in [0, 0.1) is 0 Å². The zero-order valence-corrected chi connectivity index (χ0v) is 11.3. The first-order valence-electron chi connectivity index (χ1n) is 6.27. The lowest BCUT2D eigenvalue weighted by molar-refractivity contribution is -0.138. The van der Waals surface area contributed by atoms with E-state index in [4.69, 9.17) is 5.11 Å². The number of nitrogens with one attached hydrogen (secondary N) is 1. The highest BCUT2D eigenvalue weighted by atomic mass is 16.4. The fourth-order valence-corrected chi connectivity index (χ4v) is 1.65. The van der Waals surface area contributed by atoms with Crippen LogP contribution in [0.4, 0.5) is 0 Å². The van der Waals surface area contributed by atoms with Gasteiger partial charge in [-0.1, -0.05) is 30.3 Å². The predicted molar refractivity (Wildman–Crippen MR) is 72.8 cm³/mol. The van der Waals surface area contributed by atoms with Crippen LogP contribution >= 0.6 is 0 Å². The van der Waals surface area contributed by atoms with E-state index in [0.29, 0.717) is 6.54 Å². The van der Waals surface area contributed by atoms with E-state index in [1.54, 1.807) is 4.90 Å². The summed E-state index contributed by atoms with van der Waals surface area (Å²) in [6.45, 7) is 1.73. The van der Waals surface area contributed by atoms with E-state index >= 15 is 0 Å². The number of hydrogen-bond acceptors (Lipinski definition) is 3. The first kappa shape index (κ1) is 15.7. The van der Waals surface area contributed by atoms with Gasteiger partial charge in [-0.2, -0.15) is 0 Å². The summed E-state index contributed by atoms with van der Waals surface area (Å²) in [4.78, 5) is 34.8. The smallest absolute Gasteiger partial charge is 0.322 e. The monoisotopic (exact) mass is 278 g/mol. The Labute approximate surface area is 117 Å². The quantitative estimate of drug-likeness (QED) is 0.765. The predicted octanol–water partition coefficient (Wildman–Crippen LogP) is 0.626. The number of rotatable bonds is 7. The second-order valence-corrected chi connectivity index (χ2v) is 4.35. The average Bonchev–Trinajstić information content (AvgIpc) is 2.42. The van der Waals surface area contributed by atoms with Gasteiger partial charge in [0.2, 0.25) is 11.8 Å². The third kappa shape index (κ3) is 5.99. The van der Waals surface area contributed by atoms with Gasteiger partial charge in [0.05, 0.1) is 0 Å². The molecule has 0 aromatic heterocycles. The van der Waals surface area contributed by atoms with Gasteiger partial charge in [0.15, 0.2) is 0 Å². The molecule has 0 bridgehead atoms. The van der Waals surface area contributed by atoms with Crippen LogP contribution in [-0.4, -0.2) is 40.9 Å². The SMILES string of the molecule is CC(=O)N(CCC(=O)NCC(=O)O)Cc1ccccc1. The highest BCUT2D eigenvalue weighted by Gasteiger charge is 2.12. The van der Waals surface area contributed by atoms with Gasteiger partial charge >= 0.3 is 5.97 Å². The standard InChI is InChI=1S/C14H18N2O4/c1-11(17)16(10-12-5-3-2-4-6-12)8-7-13(18)15-9-14(19)20/h2-6H,7-10H2,1H3,(H,15,18)(H,19,20). The molecule has 20 heavy (non-hydrogen) atoms. The van der Waals surface area contributed by atoms with E-state index in [-0.39, 0.29) is 24.8 Å². The van der Waals surface area contributed by atoms with Crippen LogP contribution in [0.5, 0.6) is 0 Å². The second-order valence-electron chi connectivity index (χ2n) is 4.35. The first-order chi connectivity index (χ1) is 9.49. The molecule has 0 unspecified atom stereocenters. The maximum atomic E-state index is 11.5. The second kappa shape index (κ2) is 7.93. The minimum Gasteiger partial charge on any atom is -0.480 e. The van der Waals surface area contributed by atoms with E-state index in [9.17, 15) is 14.4 Å². The number of amides is 2. The van der Waals surface area contributed by atoms with Crippen LogP contribution in [0.25, 0.3) is 0 Å². The minimum absolute atomic E-state index is 0.0830. The molecule has 0 radical (unpaired) electrons. The van der Waals surface area contributed by atoms with Crippen LogP contribution in [0.1, 0.15) is 18.9 Å². The van der Waals surface area contributed by atoms with Crippen molar-refractivity contribution in [2.45, 2.75) is 19.9 Å². The van der Waals surface area contributed by atoms with Gasteiger partial charge in [0.25, 0.3) is 0 Å². The molecular weight excluding hydrogens is 260 g/mol. The van der Waals surface area contributed by atoms with Crippen LogP contribution in [0.15, 0.2) is 30.3 Å². The van der Waals surface area contributed by atoms with Gasteiger partial charge in [-0.05, 0) is 5.56 Å². The summed E-state index contributed by atoms with van der Waals surface area (Å²) in [5.41, 5.74) is 0.980. The van der Waals surface area contributed by atoms with E-state index < -0.39 is 12.5 Å². The van der Waals surface area contributed by atoms with Crippen molar-refractivity contribution in [1.82, 2.24) is 10.2 Å². The lowest BCUT2D eigenvalue weighted by Crippen LogP contribution is -2.35. The van der Waals surface area contributed by atoms with Gasteiger partial charge in [0, 0.05) is 26.4 Å². The van der Waals surface area contributed by atoms with Crippen LogP contribution in [0.2, 0.25) is 0 Å². The minimum atomic E-state index is -1.09. The van der Waals surface area contributed by atoms with E-state index in [0.717, 1.165) is 5.56 Å². The van der Waals surface area contributed by atoms with E-state index in [1.807, 2.05) is 30.3 Å². The van der Waals surface area contributed by atoms with E-state index in [1.165, 1.54) is 6.92 Å². The van der Waals surface area contributed by atoms with Gasteiger partial charge in [-0.15, -0.1) is 0 Å². The molecule has 1 rings (SSSR count). The van der Waals surface area contributed by atoms with Crippen molar-refractivity contribution >= 4 is 17.8 Å². The molecule has 1 aromatic carbocycles. The summed E-state index contributed by atoms with van der Waals surface area (Å²) in [5, 5.41) is 10.7. The lowest BCUT2D eigenvalue weighted by Gasteiger charge is -2.20. The summed E-state index contributed by atoms with van der Waals surface area (Å²) in [6.07, 6.45) is 0.0830. The maximum absolute atomic E-state index is 11.5. The molecule has 6 nitrogen and oxygen atoms in total. The Morgan fingerprint density at radius 1 is 1.20 bits per heavy atom. The summed E-state index contributed by atoms with van der Waals surface area (Å²) < 4.78 is 0. The Hall–Kier alpha value is -2.37. The Kier molecular flexibility index (Phi) is 6.22. The summed E-state index contributed by atoms with van der Waals surface area (Å²) in [6, 6.07) is 9.46. The molecule has 0 aliphatic carbocycles. The maximum Gasteiger partial charge on any atom is 0.322 e. The molecule has 0 saturated heterocycles. The number of aliphatic carboxylic acids is 1. The molecule has 0 fully saturated rings. The zero-order valence-electron chi connectivity index (χ0n) is 11.3. The highest BCUT2D eigenvalue weighted by Crippen LogP contribution is 2.05. The summed E-state index contributed by atoms with van der Waals surface area (Å²) in [7, 11) is 0. The molecule has 0 saturated carbocycles. The van der Waals surface area contributed by atoms with Crippen molar-refractivity contribution in [1.29, 1.82) is 0 Å². The Morgan fingerprint density at radius 3 is 2.40 bits per heavy atom. The Bertz CT molecular complexity index is 473. The van der Waals surface area contributed by atoms with Gasteiger partial charge < -0.3 is 15.3 Å². The molecule has 0 heterocycles. The lowest BCUT2D eigenvalue weighted by atomic mass is 10.2. The number of carboxylic acid groups (broad SMARTS) is 1. The number of nitrogens with zero attached hydrogens (tertiary/aromatic N) is 1. The largest absolute Gasteiger partial charge is 0.480 e. The number of benzene rings is 1. The normalized spacial score (nSPS) is 9.85. The fourth-order valence-electron chi connectivity index (χ4n) is 1.65. The molecule has 0 spiro atoms. The molecule has 2 N–H and O–H groups in total. The fraction of sp³-hybridized carbons (Fsp3) is 0.357. The van der Waals surface area contributed by atoms with Crippen molar-refractivity contribution in [3.8, 4) is 0 Å². The van der Waals surface area contributed by atoms with Crippen LogP contribution in [-0.2, 0) is 20.9 Å². The highest BCUT2D eigenvalue weighted by molar-refractivity contribution is 5.81. The van der Waals surface area contributed by atoms with Crippen molar-refractivity contribution in [3.63, 3.8) is 0 Å². The number of carbonyl (C=O) groups is 3. The van der Waals surface area contributed by atoms with Crippen molar-refractivity contribution < 1.29 is 19.5 Å². The third-order valence-electron chi connectivity index (χ3n) is 2.71. The van der Waals surface area contributed by atoms with Gasteiger partial charge in [-0.25, -0.2) is 0 Å². The van der Waals surface area contributed by atoms with E-state index in [2.05, 4.69) is 5.32 Å². The van der Waals surface area contributed by atoms with Gasteiger partial charge in [0.1, 0.15) is 6.54 Å². The first-order valence-corrected chi connectivity index (χ1v) is 6.27. The molecule has 108 valence electrons. The van der Waals surface area contributed by atoms with Crippen LogP contribution in [0.3, 0.4) is 0 Å². The van der Waals surface area contributed by atoms with Crippen molar-refractivity contribution in [2.75, 3.05) is 13.1 Å². The number of hydrogen-bond donors (Lipinski definition) is 2. The molecule has 6 heteroatoms. The molecular formula is C14H18N2O4. The van der Waals surface area contributed by atoms with Crippen LogP contribution < -0.4 is 5.32 Å². The van der Waals surface area contributed by atoms with Crippen molar-refractivity contribution in [2.24, 2.45) is 0 Å². The molecule has 0 aliphatic heterocycles. The molecule has 0 aliphatic rings. The average molecular weight is 278 g/mol. The van der Waals surface area contributed by atoms with Gasteiger partial charge in [-0.3, -0.25) is 14.4 Å². The number of carbonyl (C=O) groups excluding carboxylic acids is 2. The third-order valence-corrected chi connectivity index (χ3v) is 2.71. The summed E-state index contributed by atoms with van der Waals surface area (Å²) in [5.74, 6) is -1.60. The summed E-state index contributed by atoms with van der Waals surface area (Å²) >= 11 is 0. The Balaban J connectivity index is 2.46. The Morgan fingerprint density at radius 2 is 1.85 bits per heavy atom. The molecule has 0 atom stereocenters. The van der Waals surface area contributed by atoms with Crippen molar-refractivity contribution in [3.05, 3.63) is 35.9 Å². The number of carboxylic acids is 1.